The first kappa shape index (κ1) is 12.9. The number of rotatable bonds is 6. The van der Waals surface area contributed by atoms with E-state index in [9.17, 15) is 0 Å². The van der Waals surface area contributed by atoms with Crippen molar-refractivity contribution >= 4 is 0 Å². The highest BCUT2D eigenvalue weighted by molar-refractivity contribution is 5.28. The largest absolute Gasteiger partial charge is 0.479 e. The van der Waals surface area contributed by atoms with Crippen LogP contribution in [-0.4, -0.2) is 13.2 Å². The third-order valence-corrected chi connectivity index (χ3v) is 3.44. The predicted molar refractivity (Wildman–Crippen MR) is 71.2 cm³/mol. The molecule has 2 rings (SSSR count). The number of benzene rings is 1. The smallest absolute Gasteiger partial charge is 0.174 e. The van der Waals surface area contributed by atoms with Crippen molar-refractivity contribution in [1.82, 2.24) is 5.32 Å². The molecule has 1 aliphatic rings. The van der Waals surface area contributed by atoms with Gasteiger partial charge in [-0.2, -0.15) is 5.26 Å². The van der Waals surface area contributed by atoms with Crippen molar-refractivity contribution in [2.45, 2.75) is 32.2 Å². The Bertz CT molecular complexity index is 405. The summed E-state index contributed by atoms with van der Waals surface area (Å²) in [5, 5.41) is 12.0. The Morgan fingerprint density at radius 3 is 2.94 bits per heavy atom. The lowest BCUT2D eigenvalue weighted by Gasteiger charge is -2.11. The molecule has 1 aliphatic carbocycles. The van der Waals surface area contributed by atoms with E-state index in [1.54, 1.807) is 0 Å². The van der Waals surface area contributed by atoms with Crippen LogP contribution in [0, 0.1) is 17.2 Å². The lowest BCUT2D eigenvalue weighted by atomic mass is 10.1. The average Bonchev–Trinajstić information content (AvgIpc) is 2.90. The van der Waals surface area contributed by atoms with Crippen molar-refractivity contribution in [3.63, 3.8) is 0 Å². The van der Waals surface area contributed by atoms with Gasteiger partial charge in [0.15, 0.2) is 6.61 Å². The third-order valence-electron chi connectivity index (χ3n) is 3.44. The van der Waals surface area contributed by atoms with Crippen LogP contribution < -0.4 is 10.1 Å². The molecule has 0 bridgehead atoms. The molecule has 0 atom stereocenters. The van der Waals surface area contributed by atoms with Gasteiger partial charge in [-0.3, -0.25) is 0 Å². The van der Waals surface area contributed by atoms with Crippen LogP contribution in [0.5, 0.6) is 5.75 Å². The van der Waals surface area contributed by atoms with E-state index in [-0.39, 0.29) is 6.61 Å². The van der Waals surface area contributed by atoms with Gasteiger partial charge in [0.25, 0.3) is 0 Å². The molecule has 0 heterocycles. The number of hydrogen-bond acceptors (Lipinski definition) is 3. The SMILES string of the molecule is N#CCOc1cccc(CNCC2CCCC2)c1. The monoisotopic (exact) mass is 244 g/mol. The highest BCUT2D eigenvalue weighted by Gasteiger charge is 2.13. The number of nitriles is 1. The van der Waals surface area contributed by atoms with Gasteiger partial charge in [-0.15, -0.1) is 0 Å². The van der Waals surface area contributed by atoms with Crippen molar-refractivity contribution in [1.29, 1.82) is 5.26 Å². The first-order valence-corrected chi connectivity index (χ1v) is 6.68. The number of nitrogens with zero attached hydrogens (tertiary/aromatic N) is 1. The molecule has 3 heteroatoms. The first-order chi connectivity index (χ1) is 8.88. The van der Waals surface area contributed by atoms with Crippen LogP contribution in [0.4, 0.5) is 0 Å². The second-order valence-electron chi connectivity index (χ2n) is 4.88. The van der Waals surface area contributed by atoms with Gasteiger partial charge in [0.05, 0.1) is 0 Å². The van der Waals surface area contributed by atoms with E-state index >= 15 is 0 Å². The van der Waals surface area contributed by atoms with Gasteiger partial charge in [-0.1, -0.05) is 25.0 Å². The first-order valence-electron chi connectivity index (χ1n) is 6.68. The molecular formula is C15H20N2O. The molecule has 96 valence electrons. The lowest BCUT2D eigenvalue weighted by molar-refractivity contribution is 0.367. The summed E-state index contributed by atoms with van der Waals surface area (Å²) in [5.74, 6) is 1.64. The Morgan fingerprint density at radius 2 is 2.17 bits per heavy atom. The molecule has 0 amide bonds. The van der Waals surface area contributed by atoms with E-state index < -0.39 is 0 Å². The molecular weight excluding hydrogens is 224 g/mol. The summed E-state index contributed by atoms with van der Waals surface area (Å²) in [5.41, 5.74) is 1.21. The minimum atomic E-state index is 0.110. The normalized spacial score (nSPS) is 15.5. The summed E-state index contributed by atoms with van der Waals surface area (Å²) in [6.45, 7) is 2.10. The molecule has 0 saturated heterocycles. The van der Waals surface area contributed by atoms with Gasteiger partial charge in [-0.25, -0.2) is 0 Å². The molecule has 0 radical (unpaired) electrons. The summed E-state index contributed by atoms with van der Waals surface area (Å²) >= 11 is 0. The Hall–Kier alpha value is -1.53. The molecule has 1 fully saturated rings. The fourth-order valence-electron chi connectivity index (χ4n) is 2.50. The van der Waals surface area contributed by atoms with Crippen molar-refractivity contribution in [2.75, 3.05) is 13.2 Å². The van der Waals surface area contributed by atoms with Crippen molar-refractivity contribution < 1.29 is 4.74 Å². The Kier molecular flexibility index (Phi) is 5.04. The highest BCUT2D eigenvalue weighted by atomic mass is 16.5. The molecule has 1 saturated carbocycles. The van der Waals surface area contributed by atoms with Gasteiger partial charge in [0, 0.05) is 6.54 Å². The van der Waals surface area contributed by atoms with Crippen LogP contribution >= 0.6 is 0 Å². The van der Waals surface area contributed by atoms with Gasteiger partial charge in [0.2, 0.25) is 0 Å². The number of nitrogens with one attached hydrogen (secondary N) is 1. The zero-order chi connectivity index (χ0) is 12.6. The van der Waals surface area contributed by atoms with Crippen LogP contribution in [0.1, 0.15) is 31.2 Å². The molecule has 18 heavy (non-hydrogen) atoms. The molecule has 0 aromatic heterocycles. The summed E-state index contributed by atoms with van der Waals surface area (Å²) < 4.78 is 5.29. The van der Waals surface area contributed by atoms with Crippen molar-refractivity contribution in [2.24, 2.45) is 5.92 Å². The van der Waals surface area contributed by atoms with Gasteiger partial charge in [0.1, 0.15) is 11.8 Å². The molecule has 3 nitrogen and oxygen atoms in total. The van der Waals surface area contributed by atoms with E-state index in [4.69, 9.17) is 10.00 Å². The van der Waals surface area contributed by atoms with E-state index in [1.165, 1.54) is 31.2 Å². The fraction of sp³-hybridized carbons (Fsp3) is 0.533. The maximum Gasteiger partial charge on any atom is 0.174 e. The van der Waals surface area contributed by atoms with Crippen LogP contribution in [0.3, 0.4) is 0 Å². The fourth-order valence-corrected chi connectivity index (χ4v) is 2.50. The second-order valence-corrected chi connectivity index (χ2v) is 4.88. The summed E-state index contributed by atoms with van der Waals surface area (Å²) in [6, 6.07) is 9.92. The maximum absolute atomic E-state index is 8.47. The molecule has 1 aromatic carbocycles. The zero-order valence-corrected chi connectivity index (χ0v) is 10.7. The van der Waals surface area contributed by atoms with E-state index in [0.717, 1.165) is 24.8 Å². The lowest BCUT2D eigenvalue weighted by Crippen LogP contribution is -2.20. The van der Waals surface area contributed by atoms with Crippen LogP contribution in [-0.2, 0) is 6.54 Å². The summed E-state index contributed by atoms with van der Waals surface area (Å²) in [7, 11) is 0. The third kappa shape index (κ3) is 4.05. The van der Waals surface area contributed by atoms with Crippen molar-refractivity contribution in [3.8, 4) is 11.8 Å². The highest BCUT2D eigenvalue weighted by Crippen LogP contribution is 2.23. The maximum atomic E-state index is 8.47. The topological polar surface area (TPSA) is 45.0 Å². The van der Waals surface area contributed by atoms with Crippen molar-refractivity contribution in [3.05, 3.63) is 29.8 Å². The van der Waals surface area contributed by atoms with Gasteiger partial charge >= 0.3 is 0 Å². The van der Waals surface area contributed by atoms with E-state index in [0.29, 0.717) is 0 Å². The number of hydrogen-bond donors (Lipinski definition) is 1. The van der Waals surface area contributed by atoms with E-state index in [2.05, 4.69) is 11.4 Å². The standard InChI is InChI=1S/C15H20N2O/c16-8-9-18-15-7-3-6-14(10-15)12-17-11-13-4-1-2-5-13/h3,6-7,10,13,17H,1-2,4-5,9,11-12H2. The molecule has 1 N–H and O–H groups in total. The summed E-state index contributed by atoms with van der Waals surface area (Å²) in [6.07, 6.45) is 5.53. The second kappa shape index (κ2) is 7.03. The van der Waals surface area contributed by atoms with Crippen LogP contribution in [0.2, 0.25) is 0 Å². The predicted octanol–water partition coefficient (Wildman–Crippen LogP) is 2.87. The number of ether oxygens (including phenoxy) is 1. The molecule has 1 aromatic rings. The zero-order valence-electron chi connectivity index (χ0n) is 10.7. The van der Waals surface area contributed by atoms with Crippen LogP contribution in [0.25, 0.3) is 0 Å². The Labute approximate surface area is 109 Å². The quantitative estimate of drug-likeness (QED) is 0.837. The van der Waals surface area contributed by atoms with Gasteiger partial charge in [-0.05, 0) is 43.0 Å². The Balaban J connectivity index is 1.76. The minimum Gasteiger partial charge on any atom is -0.479 e. The Morgan fingerprint density at radius 1 is 1.33 bits per heavy atom. The molecule has 0 spiro atoms. The van der Waals surface area contributed by atoms with E-state index in [1.807, 2.05) is 24.3 Å². The summed E-state index contributed by atoms with van der Waals surface area (Å²) in [4.78, 5) is 0. The van der Waals surface area contributed by atoms with Crippen LogP contribution in [0.15, 0.2) is 24.3 Å². The average molecular weight is 244 g/mol. The minimum absolute atomic E-state index is 0.110. The molecule has 0 unspecified atom stereocenters. The molecule has 0 aliphatic heterocycles. The van der Waals surface area contributed by atoms with Gasteiger partial charge < -0.3 is 10.1 Å².